The highest BCUT2D eigenvalue weighted by molar-refractivity contribution is 5.46. The molecule has 2 aliphatic carbocycles. The van der Waals surface area contributed by atoms with Gasteiger partial charge in [0.2, 0.25) is 5.95 Å². The Labute approximate surface area is 152 Å². The van der Waals surface area contributed by atoms with Gasteiger partial charge in [0.25, 0.3) is 0 Å². The van der Waals surface area contributed by atoms with Crippen molar-refractivity contribution in [2.75, 3.05) is 50.1 Å². The summed E-state index contributed by atoms with van der Waals surface area (Å²) in [4.78, 5) is 14.2. The van der Waals surface area contributed by atoms with Crippen LogP contribution in [0.25, 0.3) is 0 Å². The van der Waals surface area contributed by atoms with Gasteiger partial charge < -0.3 is 9.80 Å². The van der Waals surface area contributed by atoms with Gasteiger partial charge in [-0.25, -0.2) is 4.98 Å². The number of alkyl halides is 3. The molecule has 2 bridgehead atoms. The van der Waals surface area contributed by atoms with E-state index in [9.17, 15) is 13.2 Å². The molecule has 2 heterocycles. The lowest BCUT2D eigenvalue weighted by Crippen LogP contribution is -2.52. The minimum absolute atomic E-state index is 0.191. The summed E-state index contributed by atoms with van der Waals surface area (Å²) in [6, 6.07) is 1.69. The van der Waals surface area contributed by atoms with Crippen molar-refractivity contribution in [3.05, 3.63) is 11.8 Å². The van der Waals surface area contributed by atoms with Gasteiger partial charge in [0.15, 0.2) is 5.69 Å². The molecule has 0 N–H and O–H groups in total. The summed E-state index contributed by atoms with van der Waals surface area (Å²) >= 11 is 0. The van der Waals surface area contributed by atoms with E-state index in [1.54, 1.807) is 19.0 Å². The summed E-state index contributed by atoms with van der Waals surface area (Å²) in [6.07, 6.45) is 0.932. The van der Waals surface area contributed by atoms with Crippen LogP contribution in [0.5, 0.6) is 0 Å². The minimum atomic E-state index is -4.46. The predicted molar refractivity (Wildman–Crippen MR) is 94.4 cm³/mol. The number of piperazine rings is 1. The van der Waals surface area contributed by atoms with Crippen molar-refractivity contribution in [2.45, 2.75) is 37.9 Å². The molecule has 4 rings (SSSR count). The summed E-state index contributed by atoms with van der Waals surface area (Å²) in [5.41, 5.74) is -0.873. The smallest absolute Gasteiger partial charge is 0.363 e. The highest BCUT2D eigenvalue weighted by Crippen LogP contribution is 2.46. The van der Waals surface area contributed by atoms with Crippen LogP contribution in [0.4, 0.5) is 24.9 Å². The number of nitrogens with zero attached hydrogens (tertiary/aromatic N) is 5. The molecular formula is C18H26F3N5. The van der Waals surface area contributed by atoms with Crippen LogP contribution in [0, 0.1) is 11.8 Å². The highest BCUT2D eigenvalue weighted by Gasteiger charge is 2.43. The van der Waals surface area contributed by atoms with Crippen LogP contribution in [-0.4, -0.2) is 61.2 Å². The molecule has 0 aromatic carbocycles. The van der Waals surface area contributed by atoms with Crippen LogP contribution in [0.2, 0.25) is 0 Å². The molecular weight excluding hydrogens is 343 g/mol. The molecule has 1 aromatic heterocycles. The van der Waals surface area contributed by atoms with Crippen molar-refractivity contribution < 1.29 is 13.2 Å². The van der Waals surface area contributed by atoms with Crippen LogP contribution >= 0.6 is 0 Å². The van der Waals surface area contributed by atoms with E-state index in [-0.39, 0.29) is 11.8 Å². The first-order valence-electron chi connectivity index (χ1n) is 9.44. The maximum atomic E-state index is 13.2. The molecule has 3 unspecified atom stereocenters. The molecule has 0 amide bonds. The van der Waals surface area contributed by atoms with Gasteiger partial charge in [-0.05, 0) is 31.1 Å². The lowest BCUT2D eigenvalue weighted by molar-refractivity contribution is -0.141. The van der Waals surface area contributed by atoms with Crippen molar-refractivity contribution in [1.29, 1.82) is 0 Å². The molecule has 0 spiro atoms. The molecule has 1 aromatic rings. The number of aromatic nitrogens is 2. The standard InChI is InChI=1S/C18H26F3N5/c1-24(2)16-11-15(18(19,20)21)22-17(23-16)26-7-5-25(6-8-26)14-10-12-3-4-13(14)9-12/h11-14H,3-10H2,1-2H3. The normalized spacial score (nSPS) is 29.4. The fourth-order valence-corrected chi connectivity index (χ4v) is 4.85. The van der Waals surface area contributed by atoms with Gasteiger partial charge in [-0.3, -0.25) is 4.90 Å². The first-order valence-corrected chi connectivity index (χ1v) is 9.44. The average Bonchev–Trinajstić information content (AvgIpc) is 3.24. The predicted octanol–water partition coefficient (Wildman–Crippen LogP) is 2.87. The number of rotatable bonds is 3. The molecule has 3 aliphatic rings. The quantitative estimate of drug-likeness (QED) is 0.819. The maximum Gasteiger partial charge on any atom is 0.433 e. The number of hydrogen-bond acceptors (Lipinski definition) is 5. The Morgan fingerprint density at radius 3 is 2.31 bits per heavy atom. The molecule has 5 nitrogen and oxygen atoms in total. The molecule has 1 saturated heterocycles. The van der Waals surface area contributed by atoms with Crippen molar-refractivity contribution in [2.24, 2.45) is 11.8 Å². The summed E-state index contributed by atoms with van der Waals surface area (Å²) in [7, 11) is 3.39. The van der Waals surface area contributed by atoms with E-state index >= 15 is 0 Å². The molecule has 2 saturated carbocycles. The summed E-state index contributed by atoms with van der Waals surface area (Å²) < 4.78 is 39.6. The third-order valence-corrected chi connectivity index (χ3v) is 6.22. The first kappa shape index (κ1) is 17.8. The third kappa shape index (κ3) is 3.35. The van der Waals surface area contributed by atoms with E-state index in [2.05, 4.69) is 14.9 Å². The third-order valence-electron chi connectivity index (χ3n) is 6.22. The van der Waals surface area contributed by atoms with E-state index in [1.807, 2.05) is 4.90 Å². The van der Waals surface area contributed by atoms with Gasteiger partial charge in [-0.15, -0.1) is 0 Å². The Morgan fingerprint density at radius 1 is 1.04 bits per heavy atom. The maximum absolute atomic E-state index is 13.2. The second-order valence-corrected chi connectivity index (χ2v) is 8.07. The van der Waals surface area contributed by atoms with E-state index < -0.39 is 11.9 Å². The fraction of sp³-hybridized carbons (Fsp3) is 0.778. The molecule has 8 heteroatoms. The second-order valence-electron chi connectivity index (χ2n) is 8.07. The first-order chi connectivity index (χ1) is 12.3. The number of fused-ring (bicyclic) bond motifs is 2. The van der Waals surface area contributed by atoms with Crippen molar-refractivity contribution in [1.82, 2.24) is 14.9 Å². The Morgan fingerprint density at radius 2 is 1.77 bits per heavy atom. The lowest BCUT2D eigenvalue weighted by atomic mass is 9.93. The molecule has 26 heavy (non-hydrogen) atoms. The number of anilines is 2. The zero-order chi connectivity index (χ0) is 18.5. The fourth-order valence-electron chi connectivity index (χ4n) is 4.85. The SMILES string of the molecule is CN(C)c1cc(C(F)(F)F)nc(N2CCN(C3CC4CCC3C4)CC2)n1. The lowest BCUT2D eigenvalue weighted by Gasteiger charge is -2.41. The minimum Gasteiger partial charge on any atom is -0.363 e. The van der Waals surface area contributed by atoms with Gasteiger partial charge in [-0.1, -0.05) is 6.42 Å². The number of hydrogen-bond donors (Lipinski definition) is 0. The summed E-state index contributed by atoms with van der Waals surface area (Å²) in [5.74, 6) is 2.21. The zero-order valence-electron chi connectivity index (χ0n) is 15.3. The Hall–Kier alpha value is -1.57. The van der Waals surface area contributed by atoms with Gasteiger partial charge >= 0.3 is 6.18 Å². The van der Waals surface area contributed by atoms with Crippen molar-refractivity contribution in [3.8, 4) is 0 Å². The topological polar surface area (TPSA) is 35.5 Å². The average molecular weight is 369 g/mol. The Bertz CT molecular complexity index is 655. The Balaban J connectivity index is 1.47. The van der Waals surface area contributed by atoms with E-state index in [0.717, 1.165) is 31.0 Å². The van der Waals surface area contributed by atoms with E-state index in [0.29, 0.717) is 19.1 Å². The van der Waals surface area contributed by atoms with Crippen LogP contribution in [0.1, 0.15) is 31.4 Å². The monoisotopic (exact) mass is 369 g/mol. The van der Waals surface area contributed by atoms with Crippen LogP contribution in [-0.2, 0) is 6.18 Å². The molecule has 1 aliphatic heterocycles. The number of halogens is 3. The highest BCUT2D eigenvalue weighted by atomic mass is 19.4. The molecule has 0 radical (unpaired) electrons. The van der Waals surface area contributed by atoms with Crippen LogP contribution in [0.3, 0.4) is 0 Å². The summed E-state index contributed by atoms with van der Waals surface area (Å²) in [5, 5.41) is 0. The zero-order valence-corrected chi connectivity index (χ0v) is 15.3. The molecule has 144 valence electrons. The van der Waals surface area contributed by atoms with Gasteiger partial charge in [0, 0.05) is 52.4 Å². The van der Waals surface area contributed by atoms with Crippen molar-refractivity contribution >= 4 is 11.8 Å². The van der Waals surface area contributed by atoms with Crippen molar-refractivity contribution in [3.63, 3.8) is 0 Å². The largest absolute Gasteiger partial charge is 0.433 e. The Kier molecular flexibility index (Phi) is 4.49. The summed E-state index contributed by atoms with van der Waals surface area (Å²) in [6.45, 7) is 3.12. The van der Waals surface area contributed by atoms with E-state index in [1.165, 1.54) is 25.7 Å². The second kappa shape index (κ2) is 6.55. The van der Waals surface area contributed by atoms with E-state index in [4.69, 9.17) is 0 Å². The molecule has 3 fully saturated rings. The van der Waals surface area contributed by atoms with Crippen LogP contribution in [0.15, 0.2) is 6.07 Å². The van der Waals surface area contributed by atoms with Crippen LogP contribution < -0.4 is 9.80 Å². The van der Waals surface area contributed by atoms with Gasteiger partial charge in [0.1, 0.15) is 5.82 Å². The van der Waals surface area contributed by atoms with Gasteiger partial charge in [-0.2, -0.15) is 18.2 Å². The molecule has 3 atom stereocenters. The van der Waals surface area contributed by atoms with Gasteiger partial charge in [0.05, 0.1) is 0 Å².